The van der Waals surface area contributed by atoms with E-state index in [1.54, 1.807) is 79.7 Å². The van der Waals surface area contributed by atoms with Crippen molar-refractivity contribution in [2.75, 3.05) is 0 Å². The first-order chi connectivity index (χ1) is 14.5. The summed E-state index contributed by atoms with van der Waals surface area (Å²) in [5.41, 5.74) is 1.83. The number of para-hydroxylation sites is 1. The maximum absolute atomic E-state index is 12.7. The van der Waals surface area contributed by atoms with Gasteiger partial charge < -0.3 is 4.84 Å². The molecule has 0 aliphatic heterocycles. The average Bonchev–Trinajstić information content (AvgIpc) is 2.79. The minimum absolute atomic E-state index is 0.0137. The second kappa shape index (κ2) is 9.38. The van der Waals surface area contributed by atoms with E-state index in [9.17, 15) is 19.7 Å². The van der Waals surface area contributed by atoms with E-state index in [1.165, 1.54) is 6.07 Å². The molecule has 30 heavy (non-hydrogen) atoms. The predicted molar refractivity (Wildman–Crippen MR) is 112 cm³/mol. The first-order valence-corrected chi connectivity index (χ1v) is 9.23. The number of rotatable bonds is 7. The fourth-order valence-corrected chi connectivity index (χ4v) is 2.83. The van der Waals surface area contributed by atoms with Crippen LogP contribution in [0.2, 0.25) is 0 Å². The monoisotopic (exact) mass is 402 g/mol. The van der Waals surface area contributed by atoms with Crippen molar-refractivity contribution in [3.63, 3.8) is 0 Å². The number of oxime groups is 1. The van der Waals surface area contributed by atoms with Gasteiger partial charge >= 0.3 is 5.97 Å². The summed E-state index contributed by atoms with van der Waals surface area (Å²) in [5.74, 6) is -1.03. The Morgan fingerprint density at radius 1 is 0.900 bits per heavy atom. The topological polar surface area (TPSA) is 98.9 Å². The van der Waals surface area contributed by atoms with Crippen molar-refractivity contribution in [2.45, 2.75) is 13.3 Å². The highest BCUT2D eigenvalue weighted by Crippen LogP contribution is 2.29. The lowest BCUT2D eigenvalue weighted by molar-refractivity contribution is -0.384. The Balaban J connectivity index is 1.79. The summed E-state index contributed by atoms with van der Waals surface area (Å²) in [6, 6.07) is 21.2. The first kappa shape index (κ1) is 20.6. The smallest absolute Gasteiger partial charge is 0.312 e. The van der Waals surface area contributed by atoms with Gasteiger partial charge in [0.2, 0.25) is 5.78 Å². The maximum Gasteiger partial charge on any atom is 0.365 e. The van der Waals surface area contributed by atoms with E-state index in [0.717, 1.165) is 0 Å². The van der Waals surface area contributed by atoms with E-state index in [1.807, 2.05) is 0 Å². The van der Waals surface area contributed by atoms with E-state index < -0.39 is 10.9 Å². The SMILES string of the molecule is CC/C(=N/OC(=O)c1ccccc1)C(=O)c1ccc(-c2ccccc2[N+](=O)[O-])cc1. The van der Waals surface area contributed by atoms with Gasteiger partial charge in [-0.1, -0.05) is 66.7 Å². The van der Waals surface area contributed by atoms with Crippen LogP contribution in [0.15, 0.2) is 84.0 Å². The van der Waals surface area contributed by atoms with Gasteiger partial charge in [0, 0.05) is 11.6 Å². The Labute approximate surface area is 172 Å². The van der Waals surface area contributed by atoms with Crippen molar-refractivity contribution >= 4 is 23.2 Å². The number of hydrogen-bond donors (Lipinski definition) is 0. The van der Waals surface area contributed by atoms with Crippen LogP contribution in [0.25, 0.3) is 11.1 Å². The molecule has 0 aromatic heterocycles. The molecule has 0 saturated carbocycles. The van der Waals surface area contributed by atoms with Crippen molar-refractivity contribution in [1.82, 2.24) is 0 Å². The lowest BCUT2D eigenvalue weighted by Crippen LogP contribution is -2.15. The minimum Gasteiger partial charge on any atom is -0.312 e. The van der Waals surface area contributed by atoms with Gasteiger partial charge in [-0.3, -0.25) is 14.9 Å². The van der Waals surface area contributed by atoms with Gasteiger partial charge in [-0.15, -0.1) is 0 Å². The Hall–Kier alpha value is -4.13. The van der Waals surface area contributed by atoms with Crippen molar-refractivity contribution < 1.29 is 19.3 Å². The summed E-state index contributed by atoms with van der Waals surface area (Å²) >= 11 is 0. The molecule has 0 atom stereocenters. The summed E-state index contributed by atoms with van der Waals surface area (Å²) < 4.78 is 0. The quantitative estimate of drug-likeness (QED) is 0.181. The number of nitrogens with zero attached hydrogens (tertiary/aromatic N) is 2. The molecular weight excluding hydrogens is 384 g/mol. The third kappa shape index (κ3) is 4.64. The molecule has 3 aromatic carbocycles. The summed E-state index contributed by atoms with van der Waals surface area (Å²) in [7, 11) is 0. The third-order valence-electron chi connectivity index (χ3n) is 4.40. The first-order valence-electron chi connectivity index (χ1n) is 9.23. The zero-order chi connectivity index (χ0) is 21.5. The molecule has 0 amide bonds. The molecule has 0 spiro atoms. The molecule has 0 N–H and O–H groups in total. The Kier molecular flexibility index (Phi) is 6.44. The highest BCUT2D eigenvalue weighted by molar-refractivity contribution is 6.45. The molecule has 0 unspecified atom stereocenters. The molecule has 0 aliphatic rings. The van der Waals surface area contributed by atoms with E-state index in [4.69, 9.17) is 4.84 Å². The fraction of sp³-hybridized carbons (Fsp3) is 0.0870. The highest BCUT2D eigenvalue weighted by atomic mass is 16.7. The number of Topliss-reactive ketones (excluding diaryl/α,β-unsaturated/α-hetero) is 1. The summed E-state index contributed by atoms with van der Waals surface area (Å²) in [6.07, 6.45) is 0.271. The normalized spacial score (nSPS) is 11.0. The molecular formula is C23H18N2O5. The second-order valence-electron chi connectivity index (χ2n) is 6.32. The zero-order valence-electron chi connectivity index (χ0n) is 16.1. The Morgan fingerprint density at radius 3 is 2.17 bits per heavy atom. The van der Waals surface area contributed by atoms with Crippen LogP contribution < -0.4 is 0 Å². The van der Waals surface area contributed by atoms with Crippen LogP contribution in [0, 0.1) is 10.1 Å². The van der Waals surface area contributed by atoms with Crippen molar-refractivity contribution in [1.29, 1.82) is 0 Å². The molecule has 3 aromatic rings. The van der Waals surface area contributed by atoms with Crippen LogP contribution in [-0.4, -0.2) is 22.4 Å². The minimum atomic E-state index is -0.652. The van der Waals surface area contributed by atoms with Crippen molar-refractivity contribution in [2.24, 2.45) is 5.16 Å². The summed E-state index contributed by atoms with van der Waals surface area (Å²) in [4.78, 5) is 40.4. The van der Waals surface area contributed by atoms with Crippen molar-refractivity contribution in [3.05, 3.63) is 100 Å². The summed E-state index contributed by atoms with van der Waals surface area (Å²) in [6.45, 7) is 1.73. The van der Waals surface area contributed by atoms with E-state index in [-0.39, 0.29) is 23.6 Å². The molecule has 150 valence electrons. The molecule has 0 fully saturated rings. The van der Waals surface area contributed by atoms with Crippen LogP contribution in [0.5, 0.6) is 0 Å². The molecule has 7 nitrogen and oxygen atoms in total. The second-order valence-corrected chi connectivity index (χ2v) is 6.32. The van der Waals surface area contributed by atoms with E-state index in [2.05, 4.69) is 5.16 Å². The number of nitro groups is 1. The summed E-state index contributed by atoms with van der Waals surface area (Å²) in [5, 5.41) is 15.0. The van der Waals surface area contributed by atoms with E-state index >= 15 is 0 Å². The number of ketones is 1. The van der Waals surface area contributed by atoms with Gasteiger partial charge in [0.05, 0.1) is 16.1 Å². The van der Waals surface area contributed by atoms with Crippen LogP contribution in [0.3, 0.4) is 0 Å². The number of hydrogen-bond acceptors (Lipinski definition) is 6. The van der Waals surface area contributed by atoms with Crippen molar-refractivity contribution in [3.8, 4) is 11.1 Å². The fourth-order valence-electron chi connectivity index (χ4n) is 2.83. The third-order valence-corrected chi connectivity index (χ3v) is 4.40. The maximum atomic E-state index is 12.7. The Morgan fingerprint density at radius 2 is 1.53 bits per heavy atom. The Bertz CT molecular complexity index is 1110. The number of benzene rings is 3. The van der Waals surface area contributed by atoms with Crippen LogP contribution in [0.4, 0.5) is 5.69 Å². The van der Waals surface area contributed by atoms with Crippen LogP contribution in [-0.2, 0) is 4.84 Å². The standard InChI is InChI=1S/C23H18N2O5/c1-2-20(24-30-23(27)18-8-4-3-5-9-18)22(26)17-14-12-16(13-15-17)19-10-6-7-11-21(19)25(28)29/h3-15H,2H2,1H3/b24-20-. The lowest BCUT2D eigenvalue weighted by Gasteiger charge is -2.06. The highest BCUT2D eigenvalue weighted by Gasteiger charge is 2.17. The molecule has 0 saturated heterocycles. The molecule has 3 rings (SSSR count). The van der Waals surface area contributed by atoms with Crippen LogP contribution in [0.1, 0.15) is 34.1 Å². The van der Waals surface area contributed by atoms with E-state index in [0.29, 0.717) is 22.3 Å². The zero-order valence-corrected chi connectivity index (χ0v) is 16.1. The van der Waals surface area contributed by atoms with Gasteiger partial charge in [0.15, 0.2) is 0 Å². The largest absolute Gasteiger partial charge is 0.365 e. The molecule has 0 radical (unpaired) electrons. The predicted octanol–water partition coefficient (Wildman–Crippen LogP) is 5.07. The lowest BCUT2D eigenvalue weighted by atomic mass is 9.99. The molecule has 7 heteroatoms. The van der Waals surface area contributed by atoms with Gasteiger partial charge in [0.1, 0.15) is 5.71 Å². The van der Waals surface area contributed by atoms with Gasteiger partial charge in [0.25, 0.3) is 5.69 Å². The number of carbonyl (C=O) groups is 2. The molecule has 0 heterocycles. The average molecular weight is 402 g/mol. The molecule has 0 aliphatic carbocycles. The number of carbonyl (C=O) groups excluding carboxylic acids is 2. The van der Waals surface area contributed by atoms with Gasteiger partial charge in [-0.25, -0.2) is 4.79 Å². The van der Waals surface area contributed by atoms with Crippen LogP contribution >= 0.6 is 0 Å². The molecule has 0 bridgehead atoms. The van der Waals surface area contributed by atoms with Gasteiger partial charge in [-0.05, 0) is 30.2 Å². The number of nitro benzene ring substituents is 1. The van der Waals surface area contributed by atoms with Gasteiger partial charge in [-0.2, -0.15) is 0 Å².